The number of rotatable bonds is 6. The molecule has 0 aliphatic carbocycles. The van der Waals surface area contributed by atoms with Crippen molar-refractivity contribution in [2.75, 3.05) is 13.1 Å². The molecule has 33 heavy (non-hydrogen) atoms. The van der Waals surface area contributed by atoms with Crippen molar-refractivity contribution in [1.82, 2.24) is 9.47 Å². The molecular formula is C26H23Cl2IN2O2. The van der Waals surface area contributed by atoms with E-state index < -0.39 is 0 Å². The van der Waals surface area contributed by atoms with Gasteiger partial charge < -0.3 is 14.2 Å². The molecule has 0 unspecified atom stereocenters. The van der Waals surface area contributed by atoms with Crippen molar-refractivity contribution in [2.45, 2.75) is 20.4 Å². The van der Waals surface area contributed by atoms with Crippen molar-refractivity contribution >= 4 is 62.8 Å². The average Bonchev–Trinajstić information content (AvgIpc) is 3.18. The van der Waals surface area contributed by atoms with Gasteiger partial charge >= 0.3 is 6.09 Å². The van der Waals surface area contributed by atoms with Crippen LogP contribution in [0.2, 0.25) is 10.0 Å². The number of benzene rings is 3. The maximum Gasteiger partial charge on any atom is 0.415 e. The van der Waals surface area contributed by atoms with Crippen molar-refractivity contribution < 1.29 is 9.53 Å². The molecule has 0 fully saturated rings. The van der Waals surface area contributed by atoms with Crippen LogP contribution in [-0.4, -0.2) is 28.6 Å². The van der Waals surface area contributed by atoms with E-state index in [1.54, 1.807) is 11.0 Å². The molecule has 3 aromatic carbocycles. The average molecular weight is 593 g/mol. The van der Waals surface area contributed by atoms with Crippen molar-refractivity contribution in [3.8, 4) is 16.9 Å². The summed E-state index contributed by atoms with van der Waals surface area (Å²) in [6.07, 6.45) is 1.67. The highest BCUT2D eigenvalue weighted by Crippen LogP contribution is 2.40. The van der Waals surface area contributed by atoms with Gasteiger partial charge in [-0.25, -0.2) is 4.79 Å². The molecule has 4 aromatic rings. The Hall–Kier alpha value is -2.22. The molecule has 0 spiro atoms. The fraction of sp³-hybridized carbons (Fsp3) is 0.192. The smallest absolute Gasteiger partial charge is 0.410 e. The molecule has 0 aliphatic heterocycles. The Morgan fingerprint density at radius 1 is 1.00 bits per heavy atom. The first kappa shape index (κ1) is 23.9. The molecule has 1 aromatic heterocycles. The number of amides is 1. The van der Waals surface area contributed by atoms with E-state index in [1.165, 1.54) is 9.13 Å². The minimum atomic E-state index is -0.382. The van der Waals surface area contributed by atoms with Crippen molar-refractivity contribution in [2.24, 2.45) is 0 Å². The molecule has 0 N–H and O–H groups in total. The van der Waals surface area contributed by atoms with Crippen LogP contribution in [0, 0.1) is 3.57 Å². The molecule has 4 nitrogen and oxygen atoms in total. The highest BCUT2D eigenvalue weighted by atomic mass is 127. The Morgan fingerprint density at radius 2 is 1.70 bits per heavy atom. The van der Waals surface area contributed by atoms with Gasteiger partial charge in [-0.1, -0.05) is 41.4 Å². The van der Waals surface area contributed by atoms with Crippen LogP contribution >= 0.6 is 45.8 Å². The molecule has 1 heterocycles. The van der Waals surface area contributed by atoms with E-state index in [1.807, 2.05) is 56.3 Å². The topological polar surface area (TPSA) is 34.5 Å². The lowest BCUT2D eigenvalue weighted by Crippen LogP contribution is -2.33. The van der Waals surface area contributed by atoms with Gasteiger partial charge in [0.1, 0.15) is 5.75 Å². The van der Waals surface area contributed by atoms with E-state index in [2.05, 4.69) is 45.5 Å². The molecule has 7 heteroatoms. The summed E-state index contributed by atoms with van der Waals surface area (Å²) in [6, 6.07) is 19.6. The Kier molecular flexibility index (Phi) is 7.51. The van der Waals surface area contributed by atoms with Gasteiger partial charge in [0.25, 0.3) is 0 Å². The molecule has 170 valence electrons. The second kappa shape index (κ2) is 10.4. The van der Waals surface area contributed by atoms with Crippen LogP contribution in [0.5, 0.6) is 5.75 Å². The second-order valence-electron chi connectivity index (χ2n) is 7.60. The van der Waals surface area contributed by atoms with E-state index in [0.717, 1.165) is 28.6 Å². The van der Waals surface area contributed by atoms with Crippen LogP contribution < -0.4 is 4.74 Å². The fourth-order valence-corrected chi connectivity index (χ4v) is 5.01. The van der Waals surface area contributed by atoms with Crippen molar-refractivity contribution in [3.63, 3.8) is 0 Å². The standard InChI is InChI=1S/C26H23Cl2IN2O2/c1-3-30(4-2)26(32)33-24-10-9-23-21(25(24)18-13-19(27)15-20(28)14-18)11-12-31(23)16-17-7-5-6-8-22(17)29/h5-15H,3-4,16H2,1-2H3. The Labute approximate surface area is 217 Å². The predicted octanol–water partition coefficient (Wildman–Crippen LogP) is 8.11. The van der Waals surface area contributed by atoms with Crippen LogP contribution in [0.3, 0.4) is 0 Å². The number of carbonyl (C=O) groups is 1. The first-order valence-electron chi connectivity index (χ1n) is 10.7. The molecule has 0 saturated carbocycles. The second-order valence-corrected chi connectivity index (χ2v) is 9.64. The van der Waals surface area contributed by atoms with Crippen LogP contribution in [0.4, 0.5) is 4.79 Å². The minimum absolute atomic E-state index is 0.382. The Bertz CT molecular complexity index is 1290. The van der Waals surface area contributed by atoms with E-state index in [-0.39, 0.29) is 6.09 Å². The van der Waals surface area contributed by atoms with Gasteiger partial charge in [-0.05, 0) is 90.0 Å². The number of halogens is 3. The summed E-state index contributed by atoms with van der Waals surface area (Å²) < 4.78 is 9.27. The van der Waals surface area contributed by atoms with Gasteiger partial charge in [0.2, 0.25) is 0 Å². The zero-order chi connectivity index (χ0) is 23.5. The Balaban J connectivity index is 1.86. The third-order valence-corrected chi connectivity index (χ3v) is 7.07. The van der Waals surface area contributed by atoms with Crippen LogP contribution in [-0.2, 0) is 6.54 Å². The lowest BCUT2D eigenvalue weighted by Gasteiger charge is -2.20. The third-order valence-electron chi connectivity index (χ3n) is 5.58. The molecule has 0 bridgehead atoms. The molecule has 0 radical (unpaired) electrons. The minimum Gasteiger partial charge on any atom is -0.410 e. The van der Waals surface area contributed by atoms with Crippen molar-refractivity contribution in [3.05, 3.63) is 86.0 Å². The summed E-state index contributed by atoms with van der Waals surface area (Å²) in [5, 5.41) is 2.01. The third kappa shape index (κ3) is 5.15. The number of fused-ring (bicyclic) bond motifs is 1. The summed E-state index contributed by atoms with van der Waals surface area (Å²) in [5.41, 5.74) is 3.86. The highest BCUT2D eigenvalue weighted by Gasteiger charge is 2.20. The summed E-state index contributed by atoms with van der Waals surface area (Å²) in [5.74, 6) is 0.477. The summed E-state index contributed by atoms with van der Waals surface area (Å²) in [6.45, 7) is 5.73. The van der Waals surface area contributed by atoms with Crippen LogP contribution in [0.1, 0.15) is 19.4 Å². The van der Waals surface area contributed by atoms with E-state index in [9.17, 15) is 4.79 Å². The van der Waals surface area contributed by atoms with Gasteiger partial charge in [0, 0.05) is 55.9 Å². The fourth-order valence-electron chi connectivity index (χ4n) is 3.92. The lowest BCUT2D eigenvalue weighted by atomic mass is 10.0. The van der Waals surface area contributed by atoms with Gasteiger partial charge in [-0.2, -0.15) is 0 Å². The first-order valence-corrected chi connectivity index (χ1v) is 12.5. The molecule has 0 atom stereocenters. The number of ether oxygens (including phenoxy) is 1. The summed E-state index contributed by atoms with van der Waals surface area (Å²) in [4.78, 5) is 14.4. The molecule has 1 amide bonds. The molecule has 4 rings (SSSR count). The monoisotopic (exact) mass is 592 g/mol. The zero-order valence-corrected chi connectivity index (χ0v) is 22.0. The van der Waals surface area contributed by atoms with Gasteiger partial charge in [-0.15, -0.1) is 0 Å². The maximum atomic E-state index is 12.8. The summed E-state index contributed by atoms with van der Waals surface area (Å²) >= 11 is 15.0. The maximum absolute atomic E-state index is 12.8. The Morgan fingerprint density at radius 3 is 2.36 bits per heavy atom. The number of carbonyl (C=O) groups excluding carboxylic acids is 1. The van der Waals surface area contributed by atoms with Crippen LogP contribution in [0.15, 0.2) is 66.9 Å². The van der Waals surface area contributed by atoms with E-state index in [0.29, 0.717) is 28.9 Å². The van der Waals surface area contributed by atoms with E-state index >= 15 is 0 Å². The summed E-state index contributed by atoms with van der Waals surface area (Å²) in [7, 11) is 0. The SMILES string of the molecule is CCN(CC)C(=O)Oc1ccc2c(ccn2Cc2ccccc2I)c1-c1cc(Cl)cc(Cl)c1. The highest BCUT2D eigenvalue weighted by molar-refractivity contribution is 14.1. The number of nitrogens with zero attached hydrogens (tertiary/aromatic N) is 2. The number of hydrogen-bond acceptors (Lipinski definition) is 2. The largest absolute Gasteiger partial charge is 0.415 e. The molecule has 0 aliphatic rings. The molecule has 0 saturated heterocycles. The number of aromatic nitrogens is 1. The van der Waals surface area contributed by atoms with Gasteiger partial charge in [0.05, 0.1) is 0 Å². The zero-order valence-electron chi connectivity index (χ0n) is 18.3. The normalized spacial score (nSPS) is 11.1. The molecular weight excluding hydrogens is 570 g/mol. The van der Waals surface area contributed by atoms with Gasteiger partial charge in [0.15, 0.2) is 0 Å². The van der Waals surface area contributed by atoms with E-state index in [4.69, 9.17) is 27.9 Å². The number of hydrogen-bond donors (Lipinski definition) is 0. The lowest BCUT2D eigenvalue weighted by molar-refractivity contribution is 0.157. The van der Waals surface area contributed by atoms with Crippen LogP contribution in [0.25, 0.3) is 22.0 Å². The first-order chi connectivity index (χ1) is 15.9. The quantitative estimate of drug-likeness (QED) is 0.212. The van der Waals surface area contributed by atoms with Crippen molar-refractivity contribution in [1.29, 1.82) is 0 Å². The predicted molar refractivity (Wildman–Crippen MR) is 145 cm³/mol. The van der Waals surface area contributed by atoms with Gasteiger partial charge in [-0.3, -0.25) is 0 Å².